The quantitative estimate of drug-likeness (QED) is 0.354. The fourth-order valence-corrected chi connectivity index (χ4v) is 4.54. The molecule has 0 spiro atoms. The fraction of sp³-hybridized carbons (Fsp3) is 0.357. The number of nitrogens with zero attached hydrogens (tertiary/aromatic N) is 3. The first kappa shape index (κ1) is 28.6. The van der Waals surface area contributed by atoms with Crippen molar-refractivity contribution in [3.63, 3.8) is 0 Å². The molecular formula is C28H34N4O5S. The Hall–Kier alpha value is -3.92. The second kappa shape index (κ2) is 14.1. The molecule has 0 fully saturated rings. The minimum Gasteiger partial charge on any atom is -0.493 e. The summed E-state index contributed by atoms with van der Waals surface area (Å²) in [5.74, 6) is 0.716. The molecule has 0 bridgehead atoms. The Morgan fingerprint density at radius 3 is 2.42 bits per heavy atom. The van der Waals surface area contributed by atoms with E-state index in [4.69, 9.17) is 9.47 Å². The van der Waals surface area contributed by atoms with Crippen LogP contribution in [0, 0.1) is 0 Å². The van der Waals surface area contributed by atoms with Crippen molar-refractivity contribution in [3.8, 4) is 11.5 Å². The smallest absolute Gasteiger partial charge is 0.254 e. The maximum Gasteiger partial charge on any atom is 0.254 e. The molecule has 3 rings (SSSR count). The van der Waals surface area contributed by atoms with Crippen LogP contribution in [0.4, 0.5) is 5.13 Å². The van der Waals surface area contributed by atoms with Crippen LogP contribution in [-0.4, -0.2) is 73.4 Å². The number of anilines is 1. The highest BCUT2D eigenvalue weighted by atomic mass is 32.1. The van der Waals surface area contributed by atoms with Gasteiger partial charge in [0.25, 0.3) is 5.91 Å². The first-order valence-electron chi connectivity index (χ1n) is 12.4. The van der Waals surface area contributed by atoms with E-state index >= 15 is 0 Å². The third kappa shape index (κ3) is 8.04. The highest BCUT2D eigenvalue weighted by Crippen LogP contribution is 2.27. The van der Waals surface area contributed by atoms with Crippen molar-refractivity contribution in [1.82, 2.24) is 14.8 Å². The number of benzene rings is 2. The molecule has 202 valence electrons. The van der Waals surface area contributed by atoms with Gasteiger partial charge in [-0.15, -0.1) is 11.3 Å². The number of aromatic nitrogens is 1. The number of methoxy groups -OCH3 is 2. The van der Waals surface area contributed by atoms with Crippen LogP contribution in [0.15, 0.2) is 53.9 Å². The van der Waals surface area contributed by atoms with E-state index in [0.29, 0.717) is 47.4 Å². The zero-order valence-electron chi connectivity index (χ0n) is 22.2. The lowest BCUT2D eigenvalue weighted by Gasteiger charge is -2.21. The largest absolute Gasteiger partial charge is 0.493 e. The van der Waals surface area contributed by atoms with Gasteiger partial charge in [-0.2, -0.15) is 0 Å². The lowest BCUT2D eigenvalue weighted by Crippen LogP contribution is -2.38. The molecule has 2 aromatic carbocycles. The van der Waals surface area contributed by atoms with Crippen LogP contribution in [0.3, 0.4) is 0 Å². The van der Waals surface area contributed by atoms with Crippen molar-refractivity contribution in [2.75, 3.05) is 46.2 Å². The van der Waals surface area contributed by atoms with Gasteiger partial charge in [-0.3, -0.25) is 14.4 Å². The first-order valence-corrected chi connectivity index (χ1v) is 13.3. The molecule has 0 saturated carbocycles. The number of carbonyl (C=O) groups is 3. The molecule has 0 aliphatic carbocycles. The van der Waals surface area contributed by atoms with Gasteiger partial charge in [-0.1, -0.05) is 31.2 Å². The molecule has 38 heavy (non-hydrogen) atoms. The number of thiazole rings is 1. The van der Waals surface area contributed by atoms with Crippen molar-refractivity contribution in [2.24, 2.45) is 0 Å². The monoisotopic (exact) mass is 538 g/mol. The van der Waals surface area contributed by atoms with Crippen molar-refractivity contribution in [1.29, 1.82) is 0 Å². The summed E-state index contributed by atoms with van der Waals surface area (Å²) in [5.41, 5.74) is 2.15. The molecule has 0 saturated heterocycles. The average molecular weight is 539 g/mol. The summed E-state index contributed by atoms with van der Waals surface area (Å²) in [6.45, 7) is 2.88. The molecule has 0 aliphatic heterocycles. The predicted octanol–water partition coefficient (Wildman–Crippen LogP) is 3.89. The summed E-state index contributed by atoms with van der Waals surface area (Å²) in [6.07, 6.45) is 1.52. The van der Waals surface area contributed by atoms with E-state index < -0.39 is 0 Å². The fourth-order valence-electron chi connectivity index (χ4n) is 3.81. The topological polar surface area (TPSA) is 101 Å². The van der Waals surface area contributed by atoms with Crippen LogP contribution in [0.2, 0.25) is 0 Å². The summed E-state index contributed by atoms with van der Waals surface area (Å²) < 4.78 is 10.6. The predicted molar refractivity (Wildman–Crippen MR) is 148 cm³/mol. The Balaban J connectivity index is 1.50. The highest BCUT2D eigenvalue weighted by molar-refractivity contribution is 7.13. The maximum absolute atomic E-state index is 12.8. The average Bonchev–Trinajstić information content (AvgIpc) is 3.37. The van der Waals surface area contributed by atoms with Gasteiger partial charge in [0, 0.05) is 31.1 Å². The lowest BCUT2D eigenvalue weighted by molar-refractivity contribution is -0.129. The van der Waals surface area contributed by atoms with Crippen LogP contribution in [0.25, 0.3) is 0 Å². The molecule has 0 radical (unpaired) electrons. The maximum atomic E-state index is 12.8. The van der Waals surface area contributed by atoms with Crippen molar-refractivity contribution >= 4 is 34.2 Å². The molecule has 1 heterocycles. The number of ether oxygens (including phenoxy) is 2. The van der Waals surface area contributed by atoms with E-state index in [-0.39, 0.29) is 30.7 Å². The van der Waals surface area contributed by atoms with Crippen LogP contribution in [0.1, 0.15) is 35.0 Å². The zero-order valence-corrected chi connectivity index (χ0v) is 23.0. The van der Waals surface area contributed by atoms with Gasteiger partial charge in [0.15, 0.2) is 16.6 Å². The summed E-state index contributed by atoms with van der Waals surface area (Å²) in [5, 5.41) is 4.91. The van der Waals surface area contributed by atoms with E-state index in [1.54, 1.807) is 55.8 Å². The zero-order chi connectivity index (χ0) is 27.5. The minimum atomic E-state index is -0.331. The van der Waals surface area contributed by atoms with Crippen LogP contribution in [-0.2, 0) is 22.4 Å². The van der Waals surface area contributed by atoms with Crippen LogP contribution in [0.5, 0.6) is 11.5 Å². The Labute approximate surface area is 227 Å². The second-order valence-electron chi connectivity index (χ2n) is 8.72. The van der Waals surface area contributed by atoms with Gasteiger partial charge < -0.3 is 24.6 Å². The molecule has 1 aromatic heterocycles. The Morgan fingerprint density at radius 2 is 1.74 bits per heavy atom. The van der Waals surface area contributed by atoms with Gasteiger partial charge >= 0.3 is 0 Å². The summed E-state index contributed by atoms with van der Waals surface area (Å²) in [6, 6.07) is 14.6. The lowest BCUT2D eigenvalue weighted by atomic mass is 10.1. The number of rotatable bonds is 13. The Kier molecular flexibility index (Phi) is 10.7. The van der Waals surface area contributed by atoms with Crippen LogP contribution >= 0.6 is 11.3 Å². The number of nitrogens with one attached hydrogen (secondary N) is 1. The summed E-state index contributed by atoms with van der Waals surface area (Å²) in [4.78, 5) is 45.8. The van der Waals surface area contributed by atoms with Gasteiger partial charge in [-0.25, -0.2) is 4.98 Å². The number of carbonyl (C=O) groups excluding carboxylic acids is 3. The van der Waals surface area contributed by atoms with Crippen molar-refractivity contribution in [2.45, 2.75) is 26.2 Å². The van der Waals surface area contributed by atoms with E-state index in [2.05, 4.69) is 10.3 Å². The third-order valence-corrected chi connectivity index (χ3v) is 6.68. The molecule has 0 atom stereocenters. The minimum absolute atomic E-state index is 0.0729. The molecule has 10 heteroatoms. The molecule has 0 unspecified atom stereocenters. The molecule has 3 aromatic rings. The SMILES string of the molecule is CCCN(CC(=O)Nc1nc(CC(=O)N(C)CCc2ccc(OC)c(OC)c2)cs1)C(=O)c1ccccc1. The van der Waals surface area contributed by atoms with E-state index in [1.165, 1.54) is 16.2 Å². The molecule has 1 N–H and O–H groups in total. The van der Waals surface area contributed by atoms with Gasteiger partial charge in [0.2, 0.25) is 11.8 Å². The molecule has 3 amide bonds. The summed E-state index contributed by atoms with van der Waals surface area (Å²) in [7, 11) is 4.94. The van der Waals surface area contributed by atoms with Gasteiger partial charge in [-0.05, 0) is 42.7 Å². The number of amides is 3. The van der Waals surface area contributed by atoms with Gasteiger partial charge in [0.1, 0.15) is 6.54 Å². The molecule has 0 aliphatic rings. The molecule has 9 nitrogen and oxygen atoms in total. The first-order chi connectivity index (χ1) is 18.3. The standard InChI is InChI=1S/C28H34N4O5S/c1-5-14-32(27(35)21-9-7-6-8-10-21)18-25(33)30-28-29-22(19-38-28)17-26(34)31(2)15-13-20-11-12-23(36-3)24(16-20)37-4/h6-12,16,19H,5,13-15,17-18H2,1-4H3,(H,29,30,33). The Morgan fingerprint density at radius 1 is 1.00 bits per heavy atom. The number of hydrogen-bond donors (Lipinski definition) is 1. The van der Waals surface area contributed by atoms with E-state index in [0.717, 1.165) is 12.0 Å². The molecular weight excluding hydrogens is 504 g/mol. The third-order valence-electron chi connectivity index (χ3n) is 5.88. The normalized spacial score (nSPS) is 10.5. The second-order valence-corrected chi connectivity index (χ2v) is 9.57. The summed E-state index contributed by atoms with van der Waals surface area (Å²) >= 11 is 1.25. The van der Waals surface area contributed by atoms with E-state index in [9.17, 15) is 14.4 Å². The Bertz CT molecular complexity index is 1230. The van der Waals surface area contributed by atoms with Gasteiger partial charge in [0.05, 0.1) is 26.3 Å². The number of hydrogen-bond acceptors (Lipinski definition) is 7. The van der Waals surface area contributed by atoms with E-state index in [1.807, 2.05) is 31.2 Å². The van der Waals surface area contributed by atoms with Crippen molar-refractivity contribution < 1.29 is 23.9 Å². The number of likely N-dealkylation sites (N-methyl/N-ethyl adjacent to an activating group) is 1. The highest BCUT2D eigenvalue weighted by Gasteiger charge is 2.19. The van der Waals surface area contributed by atoms with Crippen molar-refractivity contribution in [3.05, 3.63) is 70.7 Å². The van der Waals surface area contributed by atoms with Crippen LogP contribution < -0.4 is 14.8 Å².